The Morgan fingerprint density at radius 2 is 2.12 bits per heavy atom. The highest BCUT2D eigenvalue weighted by Gasteiger charge is 2.28. The molecule has 0 aromatic carbocycles. The Balaban J connectivity index is 1.53. The van der Waals surface area contributed by atoms with Crippen LogP contribution in [0, 0.1) is 0 Å². The molecule has 0 radical (unpaired) electrons. The minimum absolute atomic E-state index is 0.0277. The molecule has 2 aromatic rings. The minimum atomic E-state index is -0.0287. The number of rotatable bonds is 4. The van der Waals surface area contributed by atoms with Gasteiger partial charge in [0.05, 0.1) is 12.2 Å². The van der Waals surface area contributed by atoms with E-state index in [2.05, 4.69) is 47.9 Å². The number of nitrogens with zero attached hydrogens (tertiary/aromatic N) is 2. The Hall–Kier alpha value is -2.08. The van der Waals surface area contributed by atoms with E-state index in [1.807, 2.05) is 12.3 Å². The van der Waals surface area contributed by atoms with E-state index in [0.717, 1.165) is 37.6 Å². The highest BCUT2D eigenvalue weighted by molar-refractivity contribution is 5.92. The molecule has 6 nitrogen and oxygen atoms in total. The lowest BCUT2D eigenvalue weighted by Gasteiger charge is -2.35. The van der Waals surface area contributed by atoms with Crippen molar-refractivity contribution in [1.82, 2.24) is 20.2 Å². The largest absolute Gasteiger partial charge is 0.443 e. The summed E-state index contributed by atoms with van der Waals surface area (Å²) in [6.45, 7) is 10.4. The van der Waals surface area contributed by atoms with Crippen molar-refractivity contribution in [2.75, 3.05) is 13.1 Å². The van der Waals surface area contributed by atoms with Crippen LogP contribution in [0.2, 0.25) is 0 Å². The van der Waals surface area contributed by atoms with E-state index in [1.54, 1.807) is 12.3 Å². The molecule has 2 aromatic heterocycles. The zero-order valence-electron chi connectivity index (χ0n) is 15.5. The summed E-state index contributed by atoms with van der Waals surface area (Å²) >= 11 is 0. The molecule has 0 spiro atoms. The third kappa shape index (κ3) is 4.12. The second-order valence-corrected chi connectivity index (χ2v) is 7.86. The van der Waals surface area contributed by atoms with Crippen LogP contribution in [0.4, 0.5) is 0 Å². The van der Waals surface area contributed by atoms with E-state index in [1.165, 1.54) is 0 Å². The molecule has 0 saturated carbocycles. The van der Waals surface area contributed by atoms with Gasteiger partial charge in [0.15, 0.2) is 0 Å². The van der Waals surface area contributed by atoms with Gasteiger partial charge in [-0.15, -0.1) is 0 Å². The van der Waals surface area contributed by atoms with Gasteiger partial charge in [0.25, 0.3) is 5.91 Å². The summed E-state index contributed by atoms with van der Waals surface area (Å²) in [6.07, 6.45) is 5.48. The standard InChI is InChI=1S/C19H28N4O2/c1-13(18-21-12-16(25-18)19(2,3)4)23-10-7-14(8-11-23)22-17(24)15-6-5-9-20-15/h5-6,9,12-14,20H,7-8,10-11H2,1-4H3,(H,22,24)/t13-/m1/s1. The molecule has 1 aliphatic rings. The van der Waals surface area contributed by atoms with Crippen LogP contribution in [0.3, 0.4) is 0 Å². The first-order chi connectivity index (χ1) is 11.8. The molecule has 6 heteroatoms. The maximum Gasteiger partial charge on any atom is 0.267 e. The smallest absolute Gasteiger partial charge is 0.267 e. The molecule has 0 unspecified atom stereocenters. The molecule has 1 fully saturated rings. The van der Waals surface area contributed by atoms with Gasteiger partial charge in [0.1, 0.15) is 11.5 Å². The molecule has 0 aliphatic carbocycles. The fraction of sp³-hybridized carbons (Fsp3) is 0.579. The quantitative estimate of drug-likeness (QED) is 0.893. The first kappa shape index (κ1) is 17.7. The Bertz CT molecular complexity index is 691. The number of piperidine rings is 1. The van der Waals surface area contributed by atoms with Crippen LogP contribution in [0.5, 0.6) is 0 Å². The molecular formula is C19H28N4O2. The molecule has 1 saturated heterocycles. The van der Waals surface area contributed by atoms with Crippen molar-refractivity contribution >= 4 is 5.91 Å². The van der Waals surface area contributed by atoms with Crippen molar-refractivity contribution in [3.05, 3.63) is 41.9 Å². The highest BCUT2D eigenvalue weighted by atomic mass is 16.4. The summed E-state index contributed by atoms with van der Waals surface area (Å²) in [5.74, 6) is 1.67. The summed E-state index contributed by atoms with van der Waals surface area (Å²) in [5, 5.41) is 3.11. The number of H-pyrrole nitrogens is 1. The van der Waals surface area contributed by atoms with E-state index in [0.29, 0.717) is 5.69 Å². The van der Waals surface area contributed by atoms with E-state index in [9.17, 15) is 4.79 Å². The number of likely N-dealkylation sites (tertiary alicyclic amines) is 1. The predicted octanol–water partition coefficient (Wildman–Crippen LogP) is 3.26. The van der Waals surface area contributed by atoms with Gasteiger partial charge in [-0.25, -0.2) is 4.98 Å². The number of carbonyl (C=O) groups excluding carboxylic acids is 1. The van der Waals surface area contributed by atoms with E-state index < -0.39 is 0 Å². The predicted molar refractivity (Wildman–Crippen MR) is 96.5 cm³/mol. The summed E-state index contributed by atoms with van der Waals surface area (Å²) in [6, 6.07) is 3.99. The Morgan fingerprint density at radius 1 is 1.40 bits per heavy atom. The number of aromatic nitrogens is 2. The van der Waals surface area contributed by atoms with Gasteiger partial charge < -0.3 is 14.7 Å². The SMILES string of the molecule is C[C@H](c1ncc(C(C)(C)C)o1)N1CCC(NC(=O)c2ccc[nH]2)CC1. The monoisotopic (exact) mass is 344 g/mol. The van der Waals surface area contributed by atoms with Crippen LogP contribution in [-0.4, -0.2) is 39.9 Å². The number of aromatic amines is 1. The van der Waals surface area contributed by atoms with Crippen LogP contribution in [0.25, 0.3) is 0 Å². The summed E-state index contributed by atoms with van der Waals surface area (Å²) in [7, 11) is 0. The first-order valence-electron chi connectivity index (χ1n) is 8.99. The molecule has 3 rings (SSSR count). The van der Waals surface area contributed by atoms with Crippen LogP contribution in [0.15, 0.2) is 28.9 Å². The van der Waals surface area contributed by atoms with Gasteiger partial charge in [-0.05, 0) is 31.9 Å². The second kappa shape index (κ2) is 7.04. The molecule has 1 aliphatic heterocycles. The third-order valence-corrected chi connectivity index (χ3v) is 4.88. The Kier molecular flexibility index (Phi) is 4.99. The van der Waals surface area contributed by atoms with Gasteiger partial charge in [-0.2, -0.15) is 0 Å². The number of nitrogens with one attached hydrogen (secondary N) is 2. The average molecular weight is 344 g/mol. The van der Waals surface area contributed by atoms with Gasteiger partial charge in [0.2, 0.25) is 5.89 Å². The number of carbonyl (C=O) groups is 1. The van der Waals surface area contributed by atoms with Gasteiger partial charge in [-0.1, -0.05) is 20.8 Å². The maximum atomic E-state index is 12.1. The first-order valence-corrected chi connectivity index (χ1v) is 8.99. The summed E-state index contributed by atoms with van der Waals surface area (Å²) in [4.78, 5) is 21.9. The lowest BCUT2D eigenvalue weighted by Crippen LogP contribution is -2.45. The molecule has 2 N–H and O–H groups in total. The average Bonchev–Trinajstić information content (AvgIpc) is 3.26. The van der Waals surface area contributed by atoms with Crippen LogP contribution in [0.1, 0.15) is 68.7 Å². The molecule has 1 amide bonds. The van der Waals surface area contributed by atoms with Crippen molar-refractivity contribution in [2.45, 2.75) is 58.0 Å². The van der Waals surface area contributed by atoms with Crippen molar-refractivity contribution < 1.29 is 9.21 Å². The third-order valence-electron chi connectivity index (χ3n) is 4.88. The van der Waals surface area contributed by atoms with Gasteiger partial charge in [0, 0.05) is 30.7 Å². The normalized spacial score (nSPS) is 18.2. The lowest BCUT2D eigenvalue weighted by molar-refractivity contribution is 0.0879. The second-order valence-electron chi connectivity index (χ2n) is 7.86. The lowest BCUT2D eigenvalue weighted by atomic mass is 9.94. The van der Waals surface area contributed by atoms with E-state index in [4.69, 9.17) is 4.42 Å². The fourth-order valence-electron chi connectivity index (χ4n) is 3.15. The molecule has 136 valence electrons. The molecule has 1 atom stereocenters. The number of hydrogen-bond acceptors (Lipinski definition) is 4. The van der Waals surface area contributed by atoms with Crippen molar-refractivity contribution in [3.8, 4) is 0 Å². The Morgan fingerprint density at radius 3 is 2.68 bits per heavy atom. The minimum Gasteiger partial charge on any atom is -0.443 e. The molecule has 3 heterocycles. The maximum absolute atomic E-state index is 12.1. The molecular weight excluding hydrogens is 316 g/mol. The van der Waals surface area contributed by atoms with Gasteiger partial charge >= 0.3 is 0 Å². The fourth-order valence-corrected chi connectivity index (χ4v) is 3.15. The number of hydrogen-bond donors (Lipinski definition) is 2. The molecule has 25 heavy (non-hydrogen) atoms. The zero-order valence-corrected chi connectivity index (χ0v) is 15.5. The van der Waals surface area contributed by atoms with E-state index >= 15 is 0 Å². The van der Waals surface area contributed by atoms with Crippen molar-refractivity contribution in [1.29, 1.82) is 0 Å². The number of oxazole rings is 1. The molecule has 0 bridgehead atoms. The summed E-state index contributed by atoms with van der Waals surface area (Å²) < 4.78 is 5.98. The topological polar surface area (TPSA) is 74.2 Å². The number of amides is 1. The van der Waals surface area contributed by atoms with Gasteiger partial charge in [-0.3, -0.25) is 9.69 Å². The van der Waals surface area contributed by atoms with Crippen molar-refractivity contribution in [3.63, 3.8) is 0 Å². The summed E-state index contributed by atoms with van der Waals surface area (Å²) in [5.41, 5.74) is 0.588. The van der Waals surface area contributed by atoms with E-state index in [-0.39, 0.29) is 23.4 Å². The Labute approximate surface area is 149 Å². The van der Waals surface area contributed by atoms with Crippen LogP contribution < -0.4 is 5.32 Å². The van der Waals surface area contributed by atoms with Crippen molar-refractivity contribution in [2.24, 2.45) is 0 Å². The zero-order chi connectivity index (χ0) is 18.0. The van der Waals surface area contributed by atoms with Crippen LogP contribution >= 0.6 is 0 Å². The highest BCUT2D eigenvalue weighted by Crippen LogP contribution is 2.28. The van der Waals surface area contributed by atoms with Crippen LogP contribution in [-0.2, 0) is 5.41 Å².